The third kappa shape index (κ3) is 3.80. The highest BCUT2D eigenvalue weighted by Gasteiger charge is 2.38. The predicted octanol–water partition coefficient (Wildman–Crippen LogP) is 3.51. The first kappa shape index (κ1) is 18.6. The van der Waals surface area contributed by atoms with Crippen LogP contribution in [0, 0.1) is 12.8 Å². The van der Waals surface area contributed by atoms with E-state index < -0.39 is 34.5 Å². The van der Waals surface area contributed by atoms with E-state index in [-0.39, 0.29) is 18.7 Å². The van der Waals surface area contributed by atoms with Gasteiger partial charge in [0.25, 0.3) is 0 Å². The molecule has 1 N–H and O–H groups in total. The third-order valence-electron chi connectivity index (χ3n) is 3.82. The molecule has 2 amide bonds. The molecule has 0 radical (unpaired) electrons. The molecule has 1 aliphatic heterocycles. The van der Waals surface area contributed by atoms with E-state index in [0.717, 1.165) is 17.0 Å². The summed E-state index contributed by atoms with van der Waals surface area (Å²) in [7, 11) is 0. The van der Waals surface area contributed by atoms with Crippen LogP contribution in [-0.2, 0) is 15.8 Å². The fourth-order valence-electron chi connectivity index (χ4n) is 2.59. The molecular formula is C15H12ClF3N4O2S. The molecule has 1 saturated heterocycles. The van der Waals surface area contributed by atoms with E-state index >= 15 is 0 Å². The molecule has 2 aromatic rings. The van der Waals surface area contributed by atoms with Gasteiger partial charge in [0.05, 0.1) is 16.5 Å². The van der Waals surface area contributed by atoms with Gasteiger partial charge in [-0.15, -0.1) is 10.2 Å². The summed E-state index contributed by atoms with van der Waals surface area (Å²) in [5.74, 6) is -1.56. The molecule has 0 bridgehead atoms. The summed E-state index contributed by atoms with van der Waals surface area (Å²) in [6.45, 7) is 1.70. The fourth-order valence-corrected chi connectivity index (χ4v) is 3.41. The summed E-state index contributed by atoms with van der Waals surface area (Å²) in [6.07, 6.45) is -4.74. The number of benzene rings is 1. The van der Waals surface area contributed by atoms with E-state index in [0.29, 0.717) is 10.1 Å². The first-order valence-electron chi connectivity index (χ1n) is 7.43. The highest BCUT2D eigenvalue weighted by molar-refractivity contribution is 7.15. The van der Waals surface area contributed by atoms with E-state index in [1.165, 1.54) is 17.4 Å². The maximum atomic E-state index is 13.0. The third-order valence-corrected chi connectivity index (χ3v) is 4.90. The van der Waals surface area contributed by atoms with Crippen molar-refractivity contribution in [2.24, 2.45) is 5.92 Å². The van der Waals surface area contributed by atoms with Crippen molar-refractivity contribution < 1.29 is 22.8 Å². The van der Waals surface area contributed by atoms with Crippen molar-refractivity contribution in [1.82, 2.24) is 10.2 Å². The summed E-state index contributed by atoms with van der Waals surface area (Å²) in [5, 5.41) is 10.6. The first-order valence-corrected chi connectivity index (χ1v) is 8.62. The van der Waals surface area contributed by atoms with Gasteiger partial charge >= 0.3 is 6.18 Å². The van der Waals surface area contributed by atoms with Gasteiger partial charge in [0, 0.05) is 18.7 Å². The zero-order valence-corrected chi connectivity index (χ0v) is 14.9. The number of carbonyl (C=O) groups excluding carboxylic acids is 2. The second-order valence-corrected chi connectivity index (χ2v) is 7.27. The van der Waals surface area contributed by atoms with Crippen LogP contribution in [0.4, 0.5) is 24.0 Å². The van der Waals surface area contributed by atoms with Crippen LogP contribution in [0.5, 0.6) is 0 Å². The average Bonchev–Trinajstić information content (AvgIpc) is 3.12. The van der Waals surface area contributed by atoms with Crippen LogP contribution in [-0.4, -0.2) is 28.6 Å². The highest BCUT2D eigenvalue weighted by Crippen LogP contribution is 2.38. The van der Waals surface area contributed by atoms with Gasteiger partial charge in [0.1, 0.15) is 5.01 Å². The molecule has 0 saturated carbocycles. The molecule has 6 nitrogen and oxygen atoms in total. The van der Waals surface area contributed by atoms with Crippen LogP contribution in [0.3, 0.4) is 0 Å². The van der Waals surface area contributed by atoms with Gasteiger partial charge in [-0.25, -0.2) is 0 Å². The molecule has 1 aromatic heterocycles. The number of amides is 2. The summed E-state index contributed by atoms with van der Waals surface area (Å²) in [4.78, 5) is 25.6. The summed E-state index contributed by atoms with van der Waals surface area (Å²) in [6, 6.07) is 3.23. The molecule has 0 aliphatic carbocycles. The number of hydrogen-bond acceptors (Lipinski definition) is 5. The number of alkyl halides is 3. The number of carbonyl (C=O) groups is 2. The standard InChI is InChI=1S/C15H12ClF3N4O2S/c1-7-21-22-14(26-7)20-13(25)8-4-12(24)23(6-8)9-2-3-11(16)10(5-9)15(17,18)19/h2-3,5,8H,4,6H2,1H3,(H,20,22,25). The van der Waals surface area contributed by atoms with Crippen LogP contribution >= 0.6 is 22.9 Å². The molecule has 1 unspecified atom stereocenters. The lowest BCUT2D eigenvalue weighted by Crippen LogP contribution is -2.28. The van der Waals surface area contributed by atoms with Crippen molar-refractivity contribution in [2.45, 2.75) is 19.5 Å². The molecule has 0 spiro atoms. The maximum absolute atomic E-state index is 13.0. The topological polar surface area (TPSA) is 75.2 Å². The Labute approximate surface area is 155 Å². The maximum Gasteiger partial charge on any atom is 0.417 e. The SMILES string of the molecule is Cc1nnc(NC(=O)C2CC(=O)N(c3ccc(Cl)c(C(F)(F)F)c3)C2)s1. The quantitative estimate of drug-likeness (QED) is 0.849. The zero-order chi connectivity index (χ0) is 19.1. The van der Waals surface area contributed by atoms with E-state index in [9.17, 15) is 22.8 Å². The lowest BCUT2D eigenvalue weighted by Gasteiger charge is -2.19. The van der Waals surface area contributed by atoms with E-state index in [1.807, 2.05) is 0 Å². The van der Waals surface area contributed by atoms with E-state index in [1.54, 1.807) is 6.92 Å². The molecule has 2 heterocycles. The van der Waals surface area contributed by atoms with Crippen LogP contribution in [0.15, 0.2) is 18.2 Å². The number of hydrogen-bond donors (Lipinski definition) is 1. The van der Waals surface area contributed by atoms with Crippen LogP contribution in [0.1, 0.15) is 17.0 Å². The largest absolute Gasteiger partial charge is 0.417 e. The van der Waals surface area contributed by atoms with E-state index in [2.05, 4.69) is 15.5 Å². The number of nitrogens with one attached hydrogen (secondary N) is 1. The lowest BCUT2D eigenvalue weighted by molar-refractivity contribution is -0.137. The number of nitrogens with zero attached hydrogens (tertiary/aromatic N) is 3. The number of halogens is 4. The second-order valence-electron chi connectivity index (χ2n) is 5.68. The average molecular weight is 405 g/mol. The van der Waals surface area contributed by atoms with Crippen molar-refractivity contribution in [1.29, 1.82) is 0 Å². The van der Waals surface area contributed by atoms with Gasteiger partial charge in [-0.05, 0) is 25.1 Å². The summed E-state index contributed by atoms with van der Waals surface area (Å²) < 4.78 is 39.0. The molecule has 138 valence electrons. The smallest absolute Gasteiger partial charge is 0.312 e. The van der Waals surface area contributed by atoms with Crippen molar-refractivity contribution in [2.75, 3.05) is 16.8 Å². The number of aromatic nitrogens is 2. The molecular weight excluding hydrogens is 393 g/mol. The van der Waals surface area contributed by atoms with Gasteiger partial charge < -0.3 is 10.2 Å². The van der Waals surface area contributed by atoms with E-state index in [4.69, 9.17) is 11.6 Å². The molecule has 26 heavy (non-hydrogen) atoms. The molecule has 1 aromatic carbocycles. The van der Waals surface area contributed by atoms with Crippen molar-refractivity contribution in [3.63, 3.8) is 0 Å². The van der Waals surface area contributed by atoms with Gasteiger partial charge in [-0.2, -0.15) is 13.2 Å². The van der Waals surface area contributed by atoms with Crippen molar-refractivity contribution in [3.05, 3.63) is 33.8 Å². The molecule has 3 rings (SSSR count). The zero-order valence-electron chi connectivity index (χ0n) is 13.3. The number of rotatable bonds is 3. The van der Waals surface area contributed by atoms with Gasteiger partial charge in [0.15, 0.2) is 0 Å². The Hall–Kier alpha value is -2.20. The first-order chi connectivity index (χ1) is 12.1. The Morgan fingerprint density at radius 1 is 1.38 bits per heavy atom. The molecule has 1 aliphatic rings. The minimum atomic E-state index is -4.64. The van der Waals surface area contributed by atoms with Gasteiger partial charge in [-0.3, -0.25) is 9.59 Å². The Bertz CT molecular complexity index is 871. The molecule has 1 atom stereocenters. The van der Waals surface area contributed by atoms with Crippen molar-refractivity contribution >= 4 is 45.6 Å². The van der Waals surface area contributed by atoms with Gasteiger partial charge in [-0.1, -0.05) is 22.9 Å². The van der Waals surface area contributed by atoms with Crippen LogP contribution in [0.25, 0.3) is 0 Å². The minimum Gasteiger partial charge on any atom is -0.312 e. The summed E-state index contributed by atoms with van der Waals surface area (Å²) >= 11 is 6.78. The molecule has 11 heteroatoms. The van der Waals surface area contributed by atoms with Crippen LogP contribution in [0.2, 0.25) is 5.02 Å². The Morgan fingerprint density at radius 3 is 2.73 bits per heavy atom. The Balaban J connectivity index is 1.76. The van der Waals surface area contributed by atoms with Crippen molar-refractivity contribution in [3.8, 4) is 0 Å². The Morgan fingerprint density at radius 2 is 2.12 bits per heavy atom. The monoisotopic (exact) mass is 404 g/mol. The Kier molecular flexibility index (Phi) is 4.89. The number of aryl methyl sites for hydroxylation is 1. The van der Waals surface area contributed by atoms with Crippen LogP contribution < -0.4 is 10.2 Å². The minimum absolute atomic E-state index is 0.0264. The number of anilines is 2. The molecule has 1 fully saturated rings. The highest BCUT2D eigenvalue weighted by atomic mass is 35.5. The summed E-state index contributed by atoms with van der Waals surface area (Å²) in [5.41, 5.74) is -0.976. The second kappa shape index (κ2) is 6.84. The van der Waals surface area contributed by atoms with Gasteiger partial charge in [0.2, 0.25) is 16.9 Å². The lowest BCUT2D eigenvalue weighted by atomic mass is 10.1. The fraction of sp³-hybridized carbons (Fsp3) is 0.333. The normalized spacial score (nSPS) is 17.7. The predicted molar refractivity (Wildman–Crippen MR) is 90.2 cm³/mol.